The van der Waals surface area contributed by atoms with Gasteiger partial charge in [0.1, 0.15) is 6.29 Å². The monoisotopic (exact) mass is 485 g/mol. The van der Waals surface area contributed by atoms with Gasteiger partial charge < -0.3 is 14.4 Å². The summed E-state index contributed by atoms with van der Waals surface area (Å²) in [5, 5.41) is 5.80. The van der Waals surface area contributed by atoms with Gasteiger partial charge in [0, 0.05) is 24.9 Å². The summed E-state index contributed by atoms with van der Waals surface area (Å²) in [6.07, 6.45) is 1.07. The van der Waals surface area contributed by atoms with Gasteiger partial charge >= 0.3 is 6.61 Å². The number of alkyl halides is 2. The fraction of sp³-hybridized carbons (Fsp3) is 0.458. The minimum atomic E-state index is -3.07. The third-order valence-electron chi connectivity index (χ3n) is 4.82. The van der Waals surface area contributed by atoms with Crippen LogP contribution in [0.4, 0.5) is 13.2 Å². The highest BCUT2D eigenvalue weighted by molar-refractivity contribution is 7.85. The van der Waals surface area contributed by atoms with Gasteiger partial charge in [-0.3, -0.25) is 5.14 Å². The molecule has 0 bridgehead atoms. The molecule has 0 aromatic heterocycles. The van der Waals surface area contributed by atoms with Crippen molar-refractivity contribution >= 4 is 17.2 Å². The number of carbonyl (C=O) groups excluding carboxylic acids is 1. The second-order valence-electron chi connectivity index (χ2n) is 7.87. The Morgan fingerprint density at radius 1 is 1.18 bits per heavy atom. The van der Waals surface area contributed by atoms with E-state index in [9.17, 15) is 18.0 Å². The number of nitrogens with zero attached hydrogens (tertiary/aromatic N) is 2. The van der Waals surface area contributed by atoms with Crippen molar-refractivity contribution in [2.24, 2.45) is 9.50 Å². The molecule has 2 aromatic carbocycles. The summed E-state index contributed by atoms with van der Waals surface area (Å²) in [5.41, 5.74) is 2.81. The lowest BCUT2D eigenvalue weighted by Crippen LogP contribution is -2.10. The molecule has 1 atom stereocenters. The normalized spacial score (nSPS) is 12.2. The Morgan fingerprint density at radius 3 is 2.21 bits per heavy atom. The summed E-state index contributed by atoms with van der Waals surface area (Å²) in [6.45, 7) is 3.31. The van der Waals surface area contributed by atoms with Gasteiger partial charge in [-0.25, -0.2) is 8.75 Å². The molecule has 33 heavy (non-hydrogen) atoms. The van der Waals surface area contributed by atoms with Crippen LogP contribution in [0.25, 0.3) is 0 Å². The quantitative estimate of drug-likeness (QED) is 0.492. The maximum absolute atomic E-state index is 14.1. The summed E-state index contributed by atoms with van der Waals surface area (Å²) in [5.74, 6) is -1.27. The summed E-state index contributed by atoms with van der Waals surface area (Å²) >= 11 is 0. The lowest BCUT2D eigenvalue weighted by Gasteiger charge is -2.19. The lowest BCUT2D eigenvalue weighted by molar-refractivity contribution is -0.107. The molecule has 0 fully saturated rings. The molecule has 0 saturated heterocycles. The van der Waals surface area contributed by atoms with Crippen LogP contribution >= 0.6 is 0 Å². The minimum absolute atomic E-state index is 0.0131. The topological polar surface area (TPSA) is 67.9 Å². The average molecular weight is 486 g/mol. The fourth-order valence-electron chi connectivity index (χ4n) is 3.34. The van der Waals surface area contributed by atoms with Crippen molar-refractivity contribution < 1.29 is 22.7 Å². The molecule has 0 aliphatic rings. The van der Waals surface area contributed by atoms with Crippen molar-refractivity contribution in [2.45, 2.75) is 57.6 Å². The van der Waals surface area contributed by atoms with E-state index >= 15 is 0 Å². The van der Waals surface area contributed by atoms with Gasteiger partial charge in [0.2, 0.25) is 0 Å². The number of aldehydes is 1. The van der Waals surface area contributed by atoms with Gasteiger partial charge in [0.25, 0.3) is 0 Å². The number of rotatable bonds is 9. The predicted molar refractivity (Wildman–Crippen MR) is 128 cm³/mol. The Bertz CT molecular complexity index is 934. The Morgan fingerprint density at radius 2 is 1.79 bits per heavy atom. The standard InChI is InChI=1S/C14H17F3O2.C10H17N3S/c1-4-9-10(5-6-18)11(8(2)3)7-12(13(9)15)19-14(16)17;1-12-14(11)10-6-4-9(5-7-10)8-13(2)3/h6-8,14H,4-5H2,1-3H3;4-7H,8H2,1-3H3,(H2,11,12). The Kier molecular flexibility index (Phi) is 12.3. The first-order valence-corrected chi connectivity index (χ1v) is 11.8. The van der Waals surface area contributed by atoms with E-state index in [1.807, 2.05) is 13.8 Å². The van der Waals surface area contributed by atoms with E-state index in [1.54, 1.807) is 14.0 Å². The van der Waals surface area contributed by atoms with Gasteiger partial charge in [0.15, 0.2) is 11.6 Å². The zero-order chi connectivity index (χ0) is 25.1. The molecular weight excluding hydrogens is 451 g/mol. The number of benzene rings is 2. The van der Waals surface area contributed by atoms with E-state index in [-0.39, 0.29) is 17.9 Å². The molecule has 2 aromatic rings. The van der Waals surface area contributed by atoms with Crippen molar-refractivity contribution in [3.63, 3.8) is 0 Å². The molecule has 0 heterocycles. The largest absolute Gasteiger partial charge is 0.432 e. The zero-order valence-corrected chi connectivity index (χ0v) is 20.9. The predicted octanol–water partition coefficient (Wildman–Crippen LogP) is 5.27. The molecule has 0 aliphatic heterocycles. The number of hydrogen-bond acceptors (Lipinski definition) is 4. The molecule has 2 N–H and O–H groups in total. The van der Waals surface area contributed by atoms with E-state index in [0.29, 0.717) is 23.8 Å². The van der Waals surface area contributed by atoms with E-state index in [2.05, 4.69) is 52.4 Å². The van der Waals surface area contributed by atoms with Crippen LogP contribution in [0.2, 0.25) is 0 Å². The Hall–Kier alpha value is -2.23. The first kappa shape index (κ1) is 28.8. The molecule has 0 aliphatic carbocycles. The highest BCUT2D eigenvalue weighted by Gasteiger charge is 2.21. The third kappa shape index (κ3) is 8.91. The van der Waals surface area contributed by atoms with Crippen LogP contribution in [-0.2, 0) is 35.1 Å². The summed E-state index contributed by atoms with van der Waals surface area (Å²) in [4.78, 5) is 14.0. The maximum Gasteiger partial charge on any atom is 0.387 e. The second kappa shape index (κ2) is 14.1. The van der Waals surface area contributed by atoms with Gasteiger partial charge in [-0.1, -0.05) is 32.9 Å². The molecule has 2 rings (SSSR count). The van der Waals surface area contributed by atoms with Crippen molar-refractivity contribution in [1.82, 2.24) is 4.90 Å². The van der Waals surface area contributed by atoms with Crippen LogP contribution in [0, 0.1) is 5.82 Å². The lowest BCUT2D eigenvalue weighted by atomic mass is 9.90. The van der Waals surface area contributed by atoms with Gasteiger partial charge in [-0.15, -0.1) is 0 Å². The first-order valence-electron chi connectivity index (χ1n) is 10.6. The van der Waals surface area contributed by atoms with E-state index in [0.717, 1.165) is 11.4 Å². The van der Waals surface area contributed by atoms with Gasteiger partial charge in [0.05, 0.1) is 0 Å². The smallest absolute Gasteiger partial charge is 0.387 e. The molecule has 0 radical (unpaired) electrons. The van der Waals surface area contributed by atoms with E-state index < -0.39 is 29.1 Å². The molecule has 5 nitrogen and oxygen atoms in total. The Labute approximate surface area is 197 Å². The molecule has 1 unspecified atom stereocenters. The van der Waals surface area contributed by atoms with E-state index in [1.165, 1.54) is 11.6 Å². The van der Waals surface area contributed by atoms with Crippen molar-refractivity contribution in [3.05, 3.63) is 58.4 Å². The van der Waals surface area contributed by atoms with Gasteiger partial charge in [-0.05, 0) is 77.8 Å². The molecular formula is C24H34F3N3O2S. The first-order chi connectivity index (χ1) is 15.5. The number of hydrogen-bond donors (Lipinski definition) is 1. The van der Waals surface area contributed by atoms with Crippen LogP contribution in [-0.4, -0.2) is 38.9 Å². The highest BCUT2D eigenvalue weighted by Crippen LogP contribution is 2.33. The molecule has 0 spiro atoms. The SMILES string of the molecule is CCc1c(F)c(OC(F)F)cc(C(C)C)c1CC=O.CN=S(N)c1ccc(CN(C)C)cc1. The van der Waals surface area contributed by atoms with Crippen molar-refractivity contribution in [1.29, 1.82) is 0 Å². The van der Waals surface area contributed by atoms with Gasteiger partial charge in [-0.2, -0.15) is 8.78 Å². The van der Waals surface area contributed by atoms with Crippen LogP contribution in [0.5, 0.6) is 5.75 Å². The van der Waals surface area contributed by atoms with Crippen LogP contribution in [0.15, 0.2) is 39.6 Å². The third-order valence-corrected chi connectivity index (χ3v) is 5.97. The van der Waals surface area contributed by atoms with E-state index in [4.69, 9.17) is 5.14 Å². The van der Waals surface area contributed by atoms with Crippen molar-refractivity contribution in [2.75, 3.05) is 21.1 Å². The molecule has 0 saturated carbocycles. The molecule has 9 heteroatoms. The maximum atomic E-state index is 14.1. The number of nitrogens with two attached hydrogens (primary N) is 1. The van der Waals surface area contributed by atoms with Crippen LogP contribution < -0.4 is 9.88 Å². The van der Waals surface area contributed by atoms with Crippen molar-refractivity contribution in [3.8, 4) is 5.75 Å². The molecule has 0 amide bonds. The number of ether oxygens (including phenoxy) is 1. The number of carbonyl (C=O) groups is 1. The Balaban J connectivity index is 0.000000346. The fourth-order valence-corrected chi connectivity index (χ4v) is 3.97. The summed E-state index contributed by atoms with van der Waals surface area (Å²) < 4.78 is 46.9. The van der Waals surface area contributed by atoms with Crippen LogP contribution in [0.3, 0.4) is 0 Å². The number of halogens is 3. The zero-order valence-electron chi connectivity index (χ0n) is 20.1. The molecule has 184 valence electrons. The summed E-state index contributed by atoms with van der Waals surface area (Å²) in [6, 6.07) is 9.58. The average Bonchev–Trinajstić information content (AvgIpc) is 2.75. The highest BCUT2D eigenvalue weighted by atomic mass is 32.2. The minimum Gasteiger partial charge on any atom is -0.432 e. The second-order valence-corrected chi connectivity index (χ2v) is 9.34. The summed E-state index contributed by atoms with van der Waals surface area (Å²) in [7, 11) is 5.41. The van der Waals surface area contributed by atoms with Crippen LogP contribution in [0.1, 0.15) is 48.9 Å².